The lowest BCUT2D eigenvalue weighted by Crippen LogP contribution is -2.39. The summed E-state index contributed by atoms with van der Waals surface area (Å²) in [6.07, 6.45) is 5.67. The summed E-state index contributed by atoms with van der Waals surface area (Å²) in [4.78, 5) is 19.4. The van der Waals surface area contributed by atoms with Crippen molar-refractivity contribution in [2.45, 2.75) is 25.3 Å². The summed E-state index contributed by atoms with van der Waals surface area (Å²) < 4.78 is 3.48. The molecule has 0 aliphatic carbocycles. The van der Waals surface area contributed by atoms with Crippen molar-refractivity contribution in [3.05, 3.63) is 78.0 Å². The van der Waals surface area contributed by atoms with E-state index in [4.69, 9.17) is 10.1 Å². The van der Waals surface area contributed by atoms with Gasteiger partial charge in [0, 0.05) is 38.8 Å². The fourth-order valence-corrected chi connectivity index (χ4v) is 4.04. The first kappa shape index (κ1) is 19.3. The van der Waals surface area contributed by atoms with Crippen LogP contribution in [0.25, 0.3) is 5.65 Å². The molecular weight excluding hydrogens is 390 g/mol. The molecule has 4 heterocycles. The lowest BCUT2D eigenvalue weighted by atomic mass is 9.97. The minimum atomic E-state index is -0.0264. The molecule has 8 nitrogen and oxygen atoms in total. The van der Waals surface area contributed by atoms with Gasteiger partial charge in [-0.05, 0) is 36.6 Å². The van der Waals surface area contributed by atoms with Gasteiger partial charge in [0.05, 0.1) is 11.9 Å². The van der Waals surface area contributed by atoms with Crippen LogP contribution >= 0.6 is 0 Å². The minimum absolute atomic E-state index is 0.0264. The Kier molecular flexibility index (Phi) is 5.11. The second-order valence-electron chi connectivity index (χ2n) is 7.99. The Morgan fingerprint density at radius 2 is 2.00 bits per heavy atom. The number of fused-ring (bicyclic) bond motifs is 1. The molecule has 1 aromatic carbocycles. The molecular formula is C23H25N7O. The largest absolute Gasteiger partial charge is 0.380 e. The third-order valence-corrected chi connectivity index (χ3v) is 5.69. The number of aryl methyl sites for hydroxylation is 1. The smallest absolute Gasteiger partial charge is 0.274 e. The third kappa shape index (κ3) is 4.14. The first-order valence-electron chi connectivity index (χ1n) is 10.6. The van der Waals surface area contributed by atoms with Gasteiger partial charge in [-0.2, -0.15) is 10.2 Å². The Balaban J connectivity index is 1.29. The van der Waals surface area contributed by atoms with Gasteiger partial charge in [-0.1, -0.05) is 30.3 Å². The van der Waals surface area contributed by atoms with Crippen molar-refractivity contribution < 1.29 is 4.79 Å². The Morgan fingerprint density at radius 1 is 1.13 bits per heavy atom. The van der Waals surface area contributed by atoms with Crippen LogP contribution < -0.4 is 5.32 Å². The van der Waals surface area contributed by atoms with Gasteiger partial charge in [0.2, 0.25) is 0 Å². The third-order valence-electron chi connectivity index (χ3n) is 5.69. The maximum absolute atomic E-state index is 12.8. The Bertz CT molecular complexity index is 1200. The predicted octanol–water partition coefficient (Wildman–Crippen LogP) is 3.09. The molecule has 3 aromatic heterocycles. The van der Waals surface area contributed by atoms with E-state index in [1.165, 1.54) is 5.56 Å². The fourth-order valence-electron chi connectivity index (χ4n) is 4.04. The Labute approximate surface area is 180 Å². The quantitative estimate of drug-likeness (QED) is 0.542. The standard InChI is InChI=1S/C23H25N7O/c1-28-13-11-20(26-28)23(31)29-12-5-8-18(15-29)22-25-21-10-9-19(16-30(21)27-22)24-14-17-6-3-2-4-7-17/h2-4,6-7,9-11,13,16,18,24H,5,8,12,14-15H2,1H3/t18-/m1/s1. The van der Waals surface area contributed by atoms with Gasteiger partial charge < -0.3 is 10.2 Å². The maximum atomic E-state index is 12.8. The highest BCUT2D eigenvalue weighted by Crippen LogP contribution is 2.26. The number of pyridine rings is 1. The summed E-state index contributed by atoms with van der Waals surface area (Å²) in [5.41, 5.74) is 3.51. The molecule has 8 heteroatoms. The molecule has 0 unspecified atom stereocenters. The fraction of sp³-hybridized carbons (Fsp3) is 0.304. The average molecular weight is 416 g/mol. The summed E-state index contributed by atoms with van der Waals surface area (Å²) in [6.45, 7) is 2.11. The van der Waals surface area contributed by atoms with E-state index in [2.05, 4.69) is 22.5 Å². The number of nitrogens with zero attached hydrogens (tertiary/aromatic N) is 6. The van der Waals surface area contributed by atoms with E-state index < -0.39 is 0 Å². The molecule has 31 heavy (non-hydrogen) atoms. The second-order valence-corrected chi connectivity index (χ2v) is 7.99. The number of amides is 1. The Hall–Kier alpha value is -3.68. The van der Waals surface area contributed by atoms with Crippen molar-refractivity contribution in [1.82, 2.24) is 29.3 Å². The van der Waals surface area contributed by atoms with Crippen LogP contribution in [0.2, 0.25) is 0 Å². The number of carbonyl (C=O) groups excluding carboxylic acids is 1. The van der Waals surface area contributed by atoms with E-state index in [9.17, 15) is 4.79 Å². The molecule has 1 fully saturated rings. The van der Waals surface area contributed by atoms with Gasteiger partial charge >= 0.3 is 0 Å². The van der Waals surface area contributed by atoms with Gasteiger partial charge in [-0.25, -0.2) is 9.50 Å². The SMILES string of the molecule is Cn1ccc(C(=O)N2CCC[C@@H](c3nc4ccc(NCc5ccccc5)cn4n3)C2)n1. The molecule has 0 spiro atoms. The van der Waals surface area contributed by atoms with Crippen molar-refractivity contribution in [2.75, 3.05) is 18.4 Å². The molecule has 0 bridgehead atoms. The summed E-state index contributed by atoms with van der Waals surface area (Å²) in [6, 6.07) is 16.0. The molecule has 1 aliphatic heterocycles. The van der Waals surface area contributed by atoms with Crippen LogP contribution in [0.4, 0.5) is 5.69 Å². The average Bonchev–Trinajstić information content (AvgIpc) is 3.44. The number of likely N-dealkylation sites (tertiary alicyclic amines) is 1. The number of rotatable bonds is 5. The van der Waals surface area contributed by atoms with Crippen LogP contribution in [0.5, 0.6) is 0 Å². The van der Waals surface area contributed by atoms with E-state index in [1.807, 2.05) is 53.0 Å². The second kappa shape index (κ2) is 8.22. The molecule has 0 saturated carbocycles. The zero-order valence-electron chi connectivity index (χ0n) is 17.5. The monoisotopic (exact) mass is 415 g/mol. The van der Waals surface area contributed by atoms with Crippen LogP contribution in [0.1, 0.15) is 40.6 Å². The number of piperidine rings is 1. The number of aromatic nitrogens is 5. The number of hydrogen-bond donors (Lipinski definition) is 1. The Morgan fingerprint density at radius 3 is 2.81 bits per heavy atom. The van der Waals surface area contributed by atoms with Gasteiger partial charge in [0.25, 0.3) is 5.91 Å². The van der Waals surface area contributed by atoms with Crippen molar-refractivity contribution in [3.8, 4) is 0 Å². The van der Waals surface area contributed by atoms with E-state index in [-0.39, 0.29) is 11.8 Å². The number of carbonyl (C=O) groups is 1. The highest BCUT2D eigenvalue weighted by Gasteiger charge is 2.29. The molecule has 1 N–H and O–H groups in total. The van der Waals surface area contributed by atoms with E-state index in [1.54, 1.807) is 16.9 Å². The normalized spacial score (nSPS) is 16.5. The number of benzene rings is 1. The highest BCUT2D eigenvalue weighted by atomic mass is 16.2. The summed E-state index contributed by atoms with van der Waals surface area (Å²) in [5.74, 6) is 0.891. The molecule has 1 amide bonds. The predicted molar refractivity (Wildman–Crippen MR) is 118 cm³/mol. The van der Waals surface area contributed by atoms with E-state index in [0.29, 0.717) is 12.2 Å². The number of nitrogens with one attached hydrogen (secondary N) is 1. The van der Waals surface area contributed by atoms with Gasteiger partial charge in [-0.3, -0.25) is 9.48 Å². The lowest BCUT2D eigenvalue weighted by molar-refractivity contribution is 0.0698. The van der Waals surface area contributed by atoms with E-state index in [0.717, 1.165) is 43.1 Å². The number of anilines is 1. The van der Waals surface area contributed by atoms with Crippen LogP contribution in [0.15, 0.2) is 60.9 Å². The van der Waals surface area contributed by atoms with Crippen LogP contribution in [-0.4, -0.2) is 48.3 Å². The van der Waals surface area contributed by atoms with Gasteiger partial charge in [0.15, 0.2) is 11.5 Å². The molecule has 1 atom stereocenters. The minimum Gasteiger partial charge on any atom is -0.380 e. The van der Waals surface area contributed by atoms with Gasteiger partial charge in [0.1, 0.15) is 5.69 Å². The zero-order valence-corrected chi connectivity index (χ0v) is 17.5. The van der Waals surface area contributed by atoms with E-state index >= 15 is 0 Å². The van der Waals surface area contributed by atoms with Crippen molar-refractivity contribution in [1.29, 1.82) is 0 Å². The maximum Gasteiger partial charge on any atom is 0.274 e. The molecule has 158 valence electrons. The van der Waals surface area contributed by atoms with Gasteiger partial charge in [-0.15, -0.1) is 0 Å². The lowest BCUT2D eigenvalue weighted by Gasteiger charge is -2.30. The summed E-state index contributed by atoms with van der Waals surface area (Å²) in [5, 5.41) is 12.4. The summed E-state index contributed by atoms with van der Waals surface area (Å²) in [7, 11) is 1.82. The molecule has 1 saturated heterocycles. The van der Waals surface area contributed by atoms with Crippen molar-refractivity contribution in [2.24, 2.45) is 7.05 Å². The van der Waals surface area contributed by atoms with Crippen LogP contribution in [0.3, 0.4) is 0 Å². The first-order chi connectivity index (χ1) is 15.2. The van der Waals surface area contributed by atoms with Crippen molar-refractivity contribution in [3.63, 3.8) is 0 Å². The topological polar surface area (TPSA) is 80.4 Å². The molecule has 0 radical (unpaired) electrons. The number of hydrogen-bond acceptors (Lipinski definition) is 5. The molecule has 4 aromatic rings. The molecule has 1 aliphatic rings. The highest BCUT2D eigenvalue weighted by molar-refractivity contribution is 5.92. The first-order valence-corrected chi connectivity index (χ1v) is 10.6. The van der Waals surface area contributed by atoms with Crippen molar-refractivity contribution >= 4 is 17.2 Å². The molecule has 5 rings (SSSR count). The zero-order chi connectivity index (χ0) is 21.2. The van der Waals surface area contributed by atoms with Crippen LogP contribution in [-0.2, 0) is 13.6 Å². The summed E-state index contributed by atoms with van der Waals surface area (Å²) >= 11 is 0. The van der Waals surface area contributed by atoms with Crippen LogP contribution in [0, 0.1) is 0 Å².